The number of nitrogens with two attached hydrogens (primary N) is 1. The molecule has 0 aromatic carbocycles. The summed E-state index contributed by atoms with van der Waals surface area (Å²) in [5.41, 5.74) is 5.11. The highest BCUT2D eigenvalue weighted by atomic mass is 16.4. The van der Waals surface area contributed by atoms with Gasteiger partial charge in [-0.2, -0.15) is 0 Å². The Hall–Kier alpha value is -1.46. The molecule has 70 valence electrons. The molecule has 0 saturated heterocycles. The van der Waals surface area contributed by atoms with Crippen LogP contribution >= 0.6 is 0 Å². The Bertz CT molecular complexity index is 169. The van der Waals surface area contributed by atoms with Crippen LogP contribution in [0, 0.1) is 0 Å². The third kappa shape index (κ3) is 5.33. The van der Waals surface area contributed by atoms with E-state index in [2.05, 4.69) is 15.8 Å². The number of nitrogens with one attached hydrogen (secondary N) is 2. The number of amidine groups is 1. The minimum atomic E-state index is -0.316. The van der Waals surface area contributed by atoms with E-state index < -0.39 is 0 Å². The quantitative estimate of drug-likeness (QED) is 0.199. The van der Waals surface area contributed by atoms with Crippen LogP contribution in [0.3, 0.4) is 0 Å². The summed E-state index contributed by atoms with van der Waals surface area (Å²) in [5, 5.41) is 15.8. The predicted molar refractivity (Wildman–Crippen MR) is 45.1 cm³/mol. The van der Waals surface area contributed by atoms with Crippen LogP contribution in [0.5, 0.6) is 0 Å². The molecule has 2 amide bonds. The zero-order valence-electron chi connectivity index (χ0n) is 7.00. The summed E-state index contributed by atoms with van der Waals surface area (Å²) in [4.78, 5) is 10.8. The molecule has 6 heteroatoms. The topological polar surface area (TPSA) is 99.7 Å². The minimum absolute atomic E-state index is 0.0263. The molecule has 0 spiro atoms. The monoisotopic (exact) mass is 174 g/mol. The summed E-state index contributed by atoms with van der Waals surface area (Å²) in [6.07, 6.45) is 0.872. The first-order chi connectivity index (χ1) is 5.70. The number of nitrogens with zero attached hydrogens (tertiary/aromatic N) is 1. The van der Waals surface area contributed by atoms with E-state index in [4.69, 9.17) is 10.9 Å². The lowest BCUT2D eigenvalue weighted by atomic mass is 10.5. The van der Waals surface area contributed by atoms with E-state index in [1.165, 1.54) is 0 Å². The van der Waals surface area contributed by atoms with Crippen LogP contribution in [-0.2, 0) is 0 Å². The van der Waals surface area contributed by atoms with Crippen molar-refractivity contribution in [2.45, 2.75) is 13.3 Å². The molecule has 0 saturated carbocycles. The smallest absolute Gasteiger partial charge is 0.315 e. The van der Waals surface area contributed by atoms with Gasteiger partial charge in [0, 0.05) is 6.54 Å². The molecule has 0 rings (SSSR count). The number of carbonyl (C=O) groups is 1. The van der Waals surface area contributed by atoms with Gasteiger partial charge < -0.3 is 21.6 Å². The van der Waals surface area contributed by atoms with Gasteiger partial charge in [0.05, 0.1) is 6.54 Å². The summed E-state index contributed by atoms with van der Waals surface area (Å²) in [5.74, 6) is -0.0263. The summed E-state index contributed by atoms with van der Waals surface area (Å²) in [7, 11) is 0. The fraction of sp³-hybridized carbons (Fsp3) is 0.667. The van der Waals surface area contributed by atoms with Gasteiger partial charge >= 0.3 is 6.03 Å². The molecular weight excluding hydrogens is 160 g/mol. The third-order valence-electron chi connectivity index (χ3n) is 1.09. The molecule has 12 heavy (non-hydrogen) atoms. The molecule has 0 aliphatic rings. The largest absolute Gasteiger partial charge is 0.409 e. The van der Waals surface area contributed by atoms with E-state index >= 15 is 0 Å². The van der Waals surface area contributed by atoms with Crippen LogP contribution in [0.4, 0.5) is 4.79 Å². The van der Waals surface area contributed by atoms with E-state index in [0.717, 1.165) is 6.42 Å². The summed E-state index contributed by atoms with van der Waals surface area (Å²) < 4.78 is 0. The first-order valence-corrected chi connectivity index (χ1v) is 3.68. The van der Waals surface area contributed by atoms with Crippen molar-refractivity contribution >= 4 is 11.9 Å². The zero-order chi connectivity index (χ0) is 9.40. The Labute approximate surface area is 70.8 Å². The van der Waals surface area contributed by atoms with Crippen LogP contribution in [-0.4, -0.2) is 30.2 Å². The fourth-order valence-electron chi connectivity index (χ4n) is 0.507. The number of hydrogen-bond donors (Lipinski definition) is 4. The van der Waals surface area contributed by atoms with Crippen molar-refractivity contribution in [2.75, 3.05) is 13.1 Å². The summed E-state index contributed by atoms with van der Waals surface area (Å²) >= 11 is 0. The average molecular weight is 174 g/mol. The molecule has 0 atom stereocenters. The highest BCUT2D eigenvalue weighted by molar-refractivity contribution is 5.86. The molecular formula is C6H14N4O2. The zero-order valence-corrected chi connectivity index (χ0v) is 7.00. The fourth-order valence-corrected chi connectivity index (χ4v) is 0.507. The number of hydrogen-bond acceptors (Lipinski definition) is 3. The van der Waals surface area contributed by atoms with Crippen molar-refractivity contribution in [3.05, 3.63) is 0 Å². The normalized spacial score (nSPS) is 10.9. The highest BCUT2D eigenvalue weighted by Gasteiger charge is 1.98. The van der Waals surface area contributed by atoms with Gasteiger partial charge in [-0.05, 0) is 6.42 Å². The number of urea groups is 1. The van der Waals surface area contributed by atoms with Gasteiger partial charge in [-0.25, -0.2) is 4.79 Å². The SMILES string of the molecule is CCCNC(=O)NC/C(N)=N/O. The number of amides is 2. The van der Waals surface area contributed by atoms with Crippen LogP contribution in [0.25, 0.3) is 0 Å². The Balaban J connectivity index is 3.44. The van der Waals surface area contributed by atoms with Gasteiger partial charge in [-0.1, -0.05) is 12.1 Å². The van der Waals surface area contributed by atoms with Gasteiger partial charge in [0.2, 0.25) is 0 Å². The number of oxime groups is 1. The molecule has 5 N–H and O–H groups in total. The van der Waals surface area contributed by atoms with Gasteiger partial charge in [0.15, 0.2) is 5.84 Å². The lowest BCUT2D eigenvalue weighted by Gasteiger charge is -2.04. The highest BCUT2D eigenvalue weighted by Crippen LogP contribution is 1.71. The van der Waals surface area contributed by atoms with E-state index in [0.29, 0.717) is 6.54 Å². The van der Waals surface area contributed by atoms with E-state index in [-0.39, 0.29) is 18.4 Å². The summed E-state index contributed by atoms with van der Waals surface area (Å²) in [6.45, 7) is 2.61. The lowest BCUT2D eigenvalue weighted by molar-refractivity contribution is 0.242. The molecule has 0 heterocycles. The van der Waals surface area contributed by atoms with Gasteiger partial charge in [-0.15, -0.1) is 0 Å². The van der Waals surface area contributed by atoms with Crippen molar-refractivity contribution < 1.29 is 10.0 Å². The van der Waals surface area contributed by atoms with E-state index in [1.807, 2.05) is 6.92 Å². The van der Waals surface area contributed by atoms with Crippen molar-refractivity contribution in [3.8, 4) is 0 Å². The molecule has 0 bridgehead atoms. The number of carbonyl (C=O) groups excluding carboxylic acids is 1. The van der Waals surface area contributed by atoms with Gasteiger partial charge in [-0.3, -0.25) is 0 Å². The minimum Gasteiger partial charge on any atom is -0.409 e. The Morgan fingerprint density at radius 3 is 2.75 bits per heavy atom. The molecule has 6 nitrogen and oxygen atoms in total. The molecule has 0 aromatic rings. The van der Waals surface area contributed by atoms with E-state index in [1.54, 1.807) is 0 Å². The second-order valence-corrected chi connectivity index (χ2v) is 2.20. The van der Waals surface area contributed by atoms with Crippen molar-refractivity contribution in [1.29, 1.82) is 0 Å². The third-order valence-corrected chi connectivity index (χ3v) is 1.09. The van der Waals surface area contributed by atoms with Crippen LogP contribution < -0.4 is 16.4 Å². The van der Waals surface area contributed by atoms with Crippen molar-refractivity contribution in [1.82, 2.24) is 10.6 Å². The maximum absolute atomic E-state index is 10.8. The van der Waals surface area contributed by atoms with E-state index in [9.17, 15) is 4.79 Å². The Morgan fingerprint density at radius 2 is 2.25 bits per heavy atom. The van der Waals surface area contributed by atoms with Crippen LogP contribution in [0.15, 0.2) is 5.16 Å². The lowest BCUT2D eigenvalue weighted by Crippen LogP contribution is -2.40. The van der Waals surface area contributed by atoms with Crippen molar-refractivity contribution in [3.63, 3.8) is 0 Å². The van der Waals surface area contributed by atoms with Crippen LogP contribution in [0.1, 0.15) is 13.3 Å². The Morgan fingerprint density at radius 1 is 1.58 bits per heavy atom. The van der Waals surface area contributed by atoms with Gasteiger partial charge in [0.1, 0.15) is 0 Å². The first-order valence-electron chi connectivity index (χ1n) is 3.68. The van der Waals surface area contributed by atoms with Crippen LogP contribution in [0.2, 0.25) is 0 Å². The molecule has 0 aliphatic heterocycles. The molecule has 0 unspecified atom stereocenters. The summed E-state index contributed by atoms with van der Waals surface area (Å²) in [6, 6.07) is -0.316. The van der Waals surface area contributed by atoms with Gasteiger partial charge in [0.25, 0.3) is 0 Å². The predicted octanol–water partition coefficient (Wildman–Crippen LogP) is -0.558. The standard InChI is InChI=1S/C6H14N4O2/c1-2-3-8-6(11)9-4-5(7)10-12/h12H,2-4H2,1H3,(H2,7,10)(H2,8,9,11). The molecule has 0 fully saturated rings. The number of rotatable bonds is 4. The average Bonchev–Trinajstić information content (AvgIpc) is 2.10. The second-order valence-electron chi connectivity index (χ2n) is 2.20. The maximum Gasteiger partial charge on any atom is 0.315 e. The molecule has 0 aromatic heterocycles. The molecule has 0 aliphatic carbocycles. The van der Waals surface area contributed by atoms with Crippen molar-refractivity contribution in [2.24, 2.45) is 10.9 Å². The molecule has 0 radical (unpaired) electrons. The maximum atomic E-state index is 10.8. The Kier molecular flexibility index (Phi) is 5.50. The first kappa shape index (κ1) is 10.5. The second kappa shape index (κ2) is 6.26.